The van der Waals surface area contributed by atoms with Gasteiger partial charge in [-0.1, -0.05) is 0 Å². The second kappa shape index (κ2) is 8.68. The van der Waals surface area contributed by atoms with Gasteiger partial charge in [-0.3, -0.25) is 5.10 Å². The first kappa shape index (κ1) is 20.6. The average Bonchev–Trinajstić information content (AvgIpc) is 3.42. The Labute approximate surface area is 185 Å². The molecule has 0 aromatic carbocycles. The fourth-order valence-electron chi connectivity index (χ4n) is 4.75. The molecule has 0 bridgehead atoms. The summed E-state index contributed by atoms with van der Waals surface area (Å²) in [4.78, 5) is 27.3. The van der Waals surface area contributed by atoms with Gasteiger partial charge in [-0.2, -0.15) is 5.10 Å². The van der Waals surface area contributed by atoms with Crippen molar-refractivity contribution >= 4 is 22.9 Å². The molecule has 0 spiro atoms. The highest BCUT2D eigenvalue weighted by atomic mass is 19.1. The van der Waals surface area contributed by atoms with Crippen LogP contribution < -0.4 is 10.6 Å². The first-order chi connectivity index (χ1) is 15.6. The second-order valence-corrected chi connectivity index (χ2v) is 8.70. The van der Waals surface area contributed by atoms with Crippen LogP contribution in [-0.2, 0) is 0 Å². The van der Waals surface area contributed by atoms with Gasteiger partial charge in [-0.05, 0) is 57.6 Å². The van der Waals surface area contributed by atoms with E-state index in [1.54, 1.807) is 6.20 Å². The van der Waals surface area contributed by atoms with E-state index in [0.717, 1.165) is 50.5 Å². The molecule has 32 heavy (non-hydrogen) atoms. The molecule has 2 amide bonds. The van der Waals surface area contributed by atoms with Crippen LogP contribution in [0.1, 0.15) is 45.4 Å². The Kier molecular flexibility index (Phi) is 5.59. The van der Waals surface area contributed by atoms with E-state index >= 15 is 0 Å². The van der Waals surface area contributed by atoms with Crippen molar-refractivity contribution in [2.75, 3.05) is 11.9 Å². The zero-order valence-corrected chi connectivity index (χ0v) is 18.0. The molecule has 3 aromatic heterocycles. The maximum atomic E-state index is 14.5. The van der Waals surface area contributed by atoms with Crippen molar-refractivity contribution in [1.82, 2.24) is 35.4 Å². The molecule has 1 aliphatic carbocycles. The summed E-state index contributed by atoms with van der Waals surface area (Å²) in [7, 11) is 0. The molecule has 9 nitrogen and oxygen atoms in total. The lowest BCUT2D eigenvalue weighted by Gasteiger charge is -2.32. The molecule has 2 fully saturated rings. The SMILES string of the molecule is CC1CCCN1C(=O)NC1CCCC(Nc2nc(-c3[nH]nc4ncccc34)ncc2F)C1. The van der Waals surface area contributed by atoms with Crippen molar-refractivity contribution in [3.8, 4) is 11.5 Å². The Balaban J connectivity index is 1.28. The Morgan fingerprint density at radius 3 is 2.94 bits per heavy atom. The number of carbonyl (C=O) groups excluding carboxylic acids is 1. The van der Waals surface area contributed by atoms with E-state index in [4.69, 9.17) is 0 Å². The lowest BCUT2D eigenvalue weighted by atomic mass is 9.91. The Morgan fingerprint density at radius 2 is 2.09 bits per heavy atom. The number of pyridine rings is 1. The molecule has 3 unspecified atom stereocenters. The van der Waals surface area contributed by atoms with Crippen molar-refractivity contribution in [3.05, 3.63) is 30.3 Å². The van der Waals surface area contributed by atoms with Gasteiger partial charge in [0.15, 0.2) is 23.1 Å². The summed E-state index contributed by atoms with van der Waals surface area (Å²) in [5, 5.41) is 14.3. The minimum absolute atomic E-state index is 0.0101. The van der Waals surface area contributed by atoms with Crippen molar-refractivity contribution in [2.45, 2.75) is 63.6 Å². The first-order valence-corrected chi connectivity index (χ1v) is 11.2. The molecule has 5 rings (SSSR count). The Hall–Kier alpha value is -3.30. The van der Waals surface area contributed by atoms with Gasteiger partial charge in [0, 0.05) is 36.3 Å². The number of aromatic amines is 1. The average molecular weight is 439 g/mol. The summed E-state index contributed by atoms with van der Waals surface area (Å²) in [5.41, 5.74) is 1.16. The van der Waals surface area contributed by atoms with Crippen LogP contribution >= 0.6 is 0 Å². The van der Waals surface area contributed by atoms with Crippen LogP contribution in [0.25, 0.3) is 22.6 Å². The number of likely N-dealkylation sites (tertiary alicyclic amines) is 1. The number of H-pyrrole nitrogens is 1. The van der Waals surface area contributed by atoms with Crippen LogP contribution in [0.15, 0.2) is 24.5 Å². The number of nitrogens with zero attached hydrogens (tertiary/aromatic N) is 5. The lowest BCUT2D eigenvalue weighted by Crippen LogP contribution is -2.48. The molecule has 3 atom stereocenters. The van der Waals surface area contributed by atoms with E-state index in [9.17, 15) is 9.18 Å². The highest BCUT2D eigenvalue weighted by Gasteiger charge is 2.29. The van der Waals surface area contributed by atoms with Gasteiger partial charge in [0.05, 0.1) is 6.20 Å². The molecular weight excluding hydrogens is 411 g/mol. The number of carbonyl (C=O) groups is 1. The van der Waals surface area contributed by atoms with E-state index in [1.165, 1.54) is 6.20 Å². The third kappa shape index (κ3) is 4.09. The standard InChI is InChI=1S/C22H27FN8O/c1-13-5-4-10-31(13)22(32)27-15-7-2-6-14(11-15)26-20-17(23)12-25-21(28-20)18-16-8-3-9-24-19(16)30-29-18/h3,8-9,12-15H,2,4-7,10-11H2,1H3,(H,27,32)(H,24,29,30)(H,25,26,28). The first-order valence-electron chi connectivity index (χ1n) is 11.2. The van der Waals surface area contributed by atoms with Crippen LogP contribution in [-0.4, -0.2) is 60.8 Å². The molecule has 10 heteroatoms. The predicted molar refractivity (Wildman–Crippen MR) is 118 cm³/mol. The van der Waals surface area contributed by atoms with Gasteiger partial charge < -0.3 is 15.5 Å². The molecule has 4 heterocycles. The highest BCUT2D eigenvalue weighted by Crippen LogP contribution is 2.27. The number of nitrogens with one attached hydrogen (secondary N) is 3. The molecule has 3 aromatic rings. The highest BCUT2D eigenvalue weighted by molar-refractivity contribution is 5.88. The Bertz CT molecular complexity index is 1120. The maximum Gasteiger partial charge on any atom is 0.317 e. The third-order valence-corrected chi connectivity index (χ3v) is 6.45. The molecule has 3 N–H and O–H groups in total. The molecule has 1 saturated carbocycles. The molecule has 1 aliphatic heterocycles. The third-order valence-electron chi connectivity index (χ3n) is 6.45. The summed E-state index contributed by atoms with van der Waals surface area (Å²) < 4.78 is 14.5. The number of aromatic nitrogens is 5. The van der Waals surface area contributed by atoms with Crippen LogP contribution in [0.4, 0.5) is 15.0 Å². The van der Waals surface area contributed by atoms with E-state index in [0.29, 0.717) is 17.2 Å². The molecular formula is C22H27FN8O. The predicted octanol–water partition coefficient (Wildman–Crippen LogP) is 3.47. The van der Waals surface area contributed by atoms with Crippen LogP contribution in [0.2, 0.25) is 0 Å². The van der Waals surface area contributed by atoms with Crippen molar-refractivity contribution in [3.63, 3.8) is 0 Å². The van der Waals surface area contributed by atoms with Gasteiger partial charge in [0.2, 0.25) is 0 Å². The van der Waals surface area contributed by atoms with Crippen LogP contribution in [0, 0.1) is 5.82 Å². The number of fused-ring (bicyclic) bond motifs is 1. The number of amides is 2. The smallest absolute Gasteiger partial charge is 0.317 e. The van der Waals surface area contributed by atoms with Gasteiger partial charge in [-0.15, -0.1) is 0 Å². The summed E-state index contributed by atoms with van der Waals surface area (Å²) in [5.74, 6) is 0.00705. The van der Waals surface area contributed by atoms with Gasteiger partial charge in [-0.25, -0.2) is 24.1 Å². The Morgan fingerprint density at radius 1 is 1.22 bits per heavy atom. The van der Waals surface area contributed by atoms with E-state index in [2.05, 4.69) is 42.7 Å². The maximum absolute atomic E-state index is 14.5. The van der Waals surface area contributed by atoms with E-state index < -0.39 is 5.82 Å². The molecule has 168 valence electrons. The summed E-state index contributed by atoms with van der Waals surface area (Å²) in [6.07, 6.45) is 8.44. The number of hydrogen-bond donors (Lipinski definition) is 3. The van der Waals surface area contributed by atoms with Gasteiger partial charge in [0.25, 0.3) is 0 Å². The number of urea groups is 1. The number of halogens is 1. The normalized spacial score (nSPS) is 23.4. The molecule has 0 radical (unpaired) electrons. The monoisotopic (exact) mass is 438 g/mol. The van der Waals surface area contributed by atoms with Crippen LogP contribution in [0.3, 0.4) is 0 Å². The summed E-state index contributed by atoms with van der Waals surface area (Å²) in [6, 6.07) is 4.06. The zero-order chi connectivity index (χ0) is 22.1. The summed E-state index contributed by atoms with van der Waals surface area (Å²) >= 11 is 0. The summed E-state index contributed by atoms with van der Waals surface area (Å²) in [6.45, 7) is 2.90. The van der Waals surface area contributed by atoms with Crippen LogP contribution in [0.5, 0.6) is 0 Å². The number of hydrogen-bond acceptors (Lipinski definition) is 6. The molecule has 1 saturated heterocycles. The lowest BCUT2D eigenvalue weighted by molar-refractivity contribution is 0.187. The van der Waals surface area contributed by atoms with Gasteiger partial charge in [0.1, 0.15) is 5.69 Å². The quantitative estimate of drug-likeness (QED) is 0.575. The second-order valence-electron chi connectivity index (χ2n) is 8.70. The largest absolute Gasteiger partial charge is 0.365 e. The minimum atomic E-state index is -0.507. The topological polar surface area (TPSA) is 112 Å². The molecule has 2 aliphatic rings. The number of rotatable bonds is 4. The number of anilines is 1. The van der Waals surface area contributed by atoms with E-state index in [-0.39, 0.29) is 30.0 Å². The van der Waals surface area contributed by atoms with E-state index in [1.807, 2.05) is 17.0 Å². The van der Waals surface area contributed by atoms with Crippen molar-refractivity contribution in [2.24, 2.45) is 0 Å². The fraction of sp³-hybridized carbons (Fsp3) is 0.500. The minimum Gasteiger partial charge on any atom is -0.365 e. The van der Waals surface area contributed by atoms with Crippen molar-refractivity contribution in [1.29, 1.82) is 0 Å². The fourth-order valence-corrected chi connectivity index (χ4v) is 4.75. The zero-order valence-electron chi connectivity index (χ0n) is 18.0. The van der Waals surface area contributed by atoms with Crippen molar-refractivity contribution < 1.29 is 9.18 Å². The van der Waals surface area contributed by atoms with Gasteiger partial charge >= 0.3 is 6.03 Å².